The summed E-state index contributed by atoms with van der Waals surface area (Å²) in [6.45, 7) is 7.37. The molecule has 0 radical (unpaired) electrons. The average molecular weight is 654 g/mol. The smallest absolute Gasteiger partial charge is 0.410 e. The first-order chi connectivity index (χ1) is 21.4. The van der Waals surface area contributed by atoms with Gasteiger partial charge in [0.1, 0.15) is 6.61 Å². The number of amides is 1. The number of hydrogen-bond donors (Lipinski definition) is 0. The lowest BCUT2D eigenvalue weighted by molar-refractivity contribution is 0.0939. The Morgan fingerprint density at radius 1 is 0.795 bits per heavy atom. The number of benzene rings is 3. The summed E-state index contributed by atoms with van der Waals surface area (Å²) >= 11 is 9.92. The summed E-state index contributed by atoms with van der Waals surface area (Å²) in [7, 11) is 4.13. The SMILES string of the molecule is CN(C)c1ccc(SN2CCCN(SN3CCc4cc(Cl)ccc4C3)CCCN(C(=O)OCc3ccccc3)CCC2)cc1. The average Bonchev–Trinajstić information content (AvgIpc) is 3.02. The van der Waals surface area contributed by atoms with Crippen LogP contribution >= 0.6 is 35.7 Å². The molecule has 1 fully saturated rings. The maximum atomic E-state index is 13.2. The van der Waals surface area contributed by atoms with Gasteiger partial charge in [0.2, 0.25) is 0 Å². The lowest BCUT2D eigenvalue weighted by Gasteiger charge is -2.33. The zero-order chi connectivity index (χ0) is 30.7. The van der Waals surface area contributed by atoms with E-state index < -0.39 is 0 Å². The minimum Gasteiger partial charge on any atom is -0.445 e. The molecule has 2 heterocycles. The van der Waals surface area contributed by atoms with Crippen LogP contribution in [0.15, 0.2) is 77.7 Å². The molecule has 0 unspecified atom stereocenters. The van der Waals surface area contributed by atoms with Gasteiger partial charge in [-0.3, -0.25) is 0 Å². The monoisotopic (exact) mass is 653 g/mol. The van der Waals surface area contributed by atoms with Gasteiger partial charge in [-0.25, -0.2) is 17.7 Å². The van der Waals surface area contributed by atoms with Crippen LogP contribution in [-0.4, -0.2) is 83.8 Å². The number of carbonyl (C=O) groups excluding carboxylic acids is 1. The number of rotatable bonds is 7. The van der Waals surface area contributed by atoms with Gasteiger partial charge in [-0.2, -0.15) is 0 Å². The fourth-order valence-electron chi connectivity index (χ4n) is 5.48. The van der Waals surface area contributed by atoms with Crippen LogP contribution in [0.1, 0.15) is 36.0 Å². The summed E-state index contributed by atoms with van der Waals surface area (Å²) < 4.78 is 13.2. The van der Waals surface area contributed by atoms with Gasteiger partial charge in [-0.05, 0) is 90.7 Å². The molecule has 0 saturated carbocycles. The van der Waals surface area contributed by atoms with Crippen molar-refractivity contribution in [3.8, 4) is 0 Å². The third-order valence-corrected chi connectivity index (χ3v) is 10.4. The molecule has 1 amide bonds. The van der Waals surface area contributed by atoms with Crippen LogP contribution in [0, 0.1) is 0 Å². The van der Waals surface area contributed by atoms with Crippen LogP contribution in [0.25, 0.3) is 0 Å². The van der Waals surface area contributed by atoms with Gasteiger partial charge < -0.3 is 14.5 Å². The van der Waals surface area contributed by atoms with E-state index >= 15 is 0 Å². The predicted molar refractivity (Wildman–Crippen MR) is 185 cm³/mol. The Hall–Kier alpha value is -2.40. The van der Waals surface area contributed by atoms with Crippen molar-refractivity contribution in [2.24, 2.45) is 0 Å². The van der Waals surface area contributed by atoms with E-state index in [1.807, 2.05) is 65.4 Å². The van der Waals surface area contributed by atoms with Crippen molar-refractivity contribution in [3.63, 3.8) is 0 Å². The summed E-state index contributed by atoms with van der Waals surface area (Å²) in [5, 5.41) is 0.816. The molecule has 2 aliphatic heterocycles. The summed E-state index contributed by atoms with van der Waals surface area (Å²) in [4.78, 5) is 18.5. The fourth-order valence-corrected chi connectivity index (χ4v) is 7.79. The Bertz CT molecular complexity index is 1330. The first-order valence-corrected chi connectivity index (χ1v) is 17.4. The number of nitrogens with zero attached hydrogens (tertiary/aromatic N) is 5. The zero-order valence-corrected chi connectivity index (χ0v) is 28.3. The molecule has 0 N–H and O–H groups in total. The minimum atomic E-state index is -0.227. The molecule has 2 aliphatic rings. The van der Waals surface area contributed by atoms with Gasteiger partial charge in [0.25, 0.3) is 0 Å². The molecule has 0 bridgehead atoms. The standard InChI is InChI=1S/C34H44ClN5O2S2/c1-36(2)32-13-15-33(16-14-32)43-38-20-6-18-37(34(41)42-27-28-9-4-3-5-10-28)19-7-22-39(23-8-21-38)44-40-24-17-29-25-31(35)12-11-30(29)26-40/h3-5,9-16,25H,6-8,17-24,26-27H2,1-2H3. The molecule has 236 valence electrons. The van der Waals surface area contributed by atoms with Gasteiger partial charge >= 0.3 is 6.09 Å². The summed E-state index contributed by atoms with van der Waals surface area (Å²) in [5.41, 5.74) is 4.92. The number of halogens is 1. The number of ether oxygens (including phenoxy) is 1. The van der Waals surface area contributed by atoms with Crippen molar-refractivity contribution in [2.45, 2.75) is 43.7 Å². The van der Waals surface area contributed by atoms with Gasteiger partial charge in [0.15, 0.2) is 0 Å². The van der Waals surface area contributed by atoms with Crippen LogP contribution in [-0.2, 0) is 24.3 Å². The molecule has 3 aromatic carbocycles. The topological polar surface area (TPSA) is 42.5 Å². The van der Waals surface area contributed by atoms with E-state index in [2.05, 4.69) is 68.3 Å². The first kappa shape index (κ1) is 33.0. The fraction of sp³-hybridized carbons (Fsp3) is 0.441. The van der Waals surface area contributed by atoms with Gasteiger partial charge in [0.05, 0.1) is 0 Å². The largest absolute Gasteiger partial charge is 0.445 e. The molecule has 0 aromatic heterocycles. The first-order valence-electron chi connectivity index (χ1n) is 15.5. The van der Waals surface area contributed by atoms with E-state index in [0.29, 0.717) is 19.7 Å². The third-order valence-electron chi connectivity index (χ3n) is 7.91. The highest BCUT2D eigenvalue weighted by Gasteiger charge is 2.22. The molecule has 3 aromatic rings. The summed E-state index contributed by atoms with van der Waals surface area (Å²) in [5.74, 6) is 0. The van der Waals surface area contributed by atoms with E-state index in [1.165, 1.54) is 21.7 Å². The van der Waals surface area contributed by atoms with Crippen LogP contribution in [0.4, 0.5) is 10.5 Å². The Kier molecular flexibility index (Phi) is 12.6. The normalized spacial score (nSPS) is 17.8. The molecule has 10 heteroatoms. The third kappa shape index (κ3) is 10.1. The van der Waals surface area contributed by atoms with E-state index in [1.54, 1.807) is 0 Å². The van der Waals surface area contributed by atoms with Crippen LogP contribution in [0.5, 0.6) is 0 Å². The van der Waals surface area contributed by atoms with Crippen molar-refractivity contribution in [1.29, 1.82) is 0 Å². The molecular weight excluding hydrogens is 610 g/mol. The highest BCUT2D eigenvalue weighted by Crippen LogP contribution is 2.30. The zero-order valence-electron chi connectivity index (χ0n) is 25.9. The van der Waals surface area contributed by atoms with Crippen molar-refractivity contribution < 1.29 is 9.53 Å². The van der Waals surface area contributed by atoms with Crippen LogP contribution in [0.2, 0.25) is 5.02 Å². The molecule has 7 nitrogen and oxygen atoms in total. The van der Waals surface area contributed by atoms with E-state index in [-0.39, 0.29) is 6.09 Å². The number of anilines is 1. The van der Waals surface area contributed by atoms with Crippen molar-refractivity contribution in [1.82, 2.24) is 17.8 Å². The molecule has 0 atom stereocenters. The van der Waals surface area contributed by atoms with Gasteiger partial charge in [-0.1, -0.05) is 48.0 Å². The summed E-state index contributed by atoms with van der Waals surface area (Å²) in [6.07, 6.45) is 3.67. The van der Waals surface area contributed by atoms with Gasteiger partial charge in [-0.15, -0.1) is 0 Å². The van der Waals surface area contributed by atoms with Crippen LogP contribution in [0.3, 0.4) is 0 Å². The molecule has 5 rings (SSSR count). The molecular formula is C34H44ClN5O2S2. The quantitative estimate of drug-likeness (QED) is 0.244. The molecule has 44 heavy (non-hydrogen) atoms. The Balaban J connectivity index is 1.23. The second-order valence-electron chi connectivity index (χ2n) is 11.5. The van der Waals surface area contributed by atoms with Crippen LogP contribution < -0.4 is 4.90 Å². The second kappa shape index (κ2) is 16.8. The van der Waals surface area contributed by atoms with Crippen molar-refractivity contribution in [3.05, 3.63) is 94.5 Å². The molecule has 0 aliphatic carbocycles. The number of fused-ring (bicyclic) bond motifs is 1. The Morgan fingerprint density at radius 2 is 1.48 bits per heavy atom. The summed E-state index contributed by atoms with van der Waals surface area (Å²) in [6, 6.07) is 24.9. The molecule has 1 saturated heterocycles. The van der Waals surface area contributed by atoms with E-state index in [4.69, 9.17) is 16.3 Å². The predicted octanol–water partition coefficient (Wildman–Crippen LogP) is 7.46. The molecule has 0 spiro atoms. The second-order valence-corrected chi connectivity index (χ2v) is 14.3. The lowest BCUT2D eigenvalue weighted by atomic mass is 10.0. The Labute approximate surface area is 276 Å². The van der Waals surface area contributed by atoms with E-state index in [9.17, 15) is 4.79 Å². The van der Waals surface area contributed by atoms with Crippen molar-refractivity contribution in [2.75, 3.05) is 64.8 Å². The minimum absolute atomic E-state index is 0.227. The van der Waals surface area contributed by atoms with E-state index in [0.717, 1.165) is 75.5 Å². The van der Waals surface area contributed by atoms with Gasteiger partial charge in [0, 0.05) is 94.2 Å². The maximum absolute atomic E-state index is 13.2. The Morgan fingerprint density at radius 3 is 2.18 bits per heavy atom. The highest BCUT2D eigenvalue weighted by molar-refractivity contribution is 7.97. The number of carbonyl (C=O) groups is 1. The van der Waals surface area contributed by atoms with Crippen molar-refractivity contribution >= 4 is 47.5 Å². The lowest BCUT2D eigenvalue weighted by Crippen LogP contribution is -2.38. The highest BCUT2D eigenvalue weighted by atomic mass is 35.5. The number of hydrogen-bond acceptors (Lipinski definition) is 8. The maximum Gasteiger partial charge on any atom is 0.410 e.